The molecule has 0 atom stereocenters. The maximum absolute atomic E-state index is 10.4. The summed E-state index contributed by atoms with van der Waals surface area (Å²) in [6.07, 6.45) is 1.74. The van der Waals surface area contributed by atoms with Crippen LogP contribution < -0.4 is 11.1 Å². The lowest BCUT2D eigenvalue weighted by molar-refractivity contribution is -0.141. The molecule has 0 rings (SSSR count). The molecule has 0 aliphatic carbocycles. The zero-order valence-electron chi connectivity index (χ0n) is 8.17. The maximum Gasteiger partial charge on any atom is 0.302 e. The highest BCUT2D eigenvalue weighted by atomic mass is 16.5. The average molecular weight is 187 g/mol. The van der Waals surface area contributed by atoms with Crippen LogP contribution in [0.2, 0.25) is 0 Å². The third kappa shape index (κ3) is 8.65. The second-order valence-electron chi connectivity index (χ2n) is 2.58. The van der Waals surface area contributed by atoms with Crippen molar-refractivity contribution in [3.63, 3.8) is 0 Å². The molecule has 0 spiro atoms. The Hall–Kier alpha value is -1.26. The molecule has 0 unspecified atom stereocenters. The molecule has 5 nitrogen and oxygen atoms in total. The lowest BCUT2D eigenvalue weighted by atomic mass is 10.3. The first kappa shape index (κ1) is 11.7. The van der Waals surface area contributed by atoms with E-state index in [0.717, 1.165) is 19.4 Å². The van der Waals surface area contributed by atoms with Crippen molar-refractivity contribution in [3.8, 4) is 0 Å². The smallest absolute Gasteiger partial charge is 0.302 e. The van der Waals surface area contributed by atoms with Gasteiger partial charge >= 0.3 is 5.97 Å². The number of esters is 1. The van der Waals surface area contributed by atoms with Crippen LogP contribution in [0.25, 0.3) is 0 Å². The maximum atomic E-state index is 10.4. The van der Waals surface area contributed by atoms with Gasteiger partial charge in [-0.1, -0.05) is 0 Å². The largest absolute Gasteiger partial charge is 0.466 e. The lowest BCUT2D eigenvalue weighted by Gasteiger charge is -2.04. The number of ether oxygens (including phenoxy) is 1. The predicted octanol–water partition coefficient (Wildman–Crippen LogP) is -0.136. The van der Waals surface area contributed by atoms with Crippen LogP contribution in [-0.4, -0.2) is 32.1 Å². The van der Waals surface area contributed by atoms with Gasteiger partial charge in [-0.2, -0.15) is 0 Å². The Labute approximate surface area is 78.4 Å². The number of carbonyl (C=O) groups is 1. The highest BCUT2D eigenvalue weighted by molar-refractivity contribution is 5.77. The average Bonchev–Trinajstić information content (AvgIpc) is 2.10. The molecule has 0 amide bonds. The fourth-order valence-corrected chi connectivity index (χ4v) is 0.738. The van der Waals surface area contributed by atoms with Gasteiger partial charge in [0.25, 0.3) is 0 Å². The Morgan fingerprint density at radius 1 is 1.54 bits per heavy atom. The summed E-state index contributed by atoms with van der Waals surface area (Å²) in [5, 5.41) is 2.91. The molecule has 0 heterocycles. The number of rotatable bonds is 5. The highest BCUT2D eigenvalue weighted by Gasteiger charge is 1.93. The Morgan fingerprint density at radius 2 is 2.23 bits per heavy atom. The van der Waals surface area contributed by atoms with Gasteiger partial charge in [0, 0.05) is 20.5 Å². The number of aliphatic imine (C=N–C) groups is 1. The van der Waals surface area contributed by atoms with Crippen LogP contribution in [0.1, 0.15) is 19.8 Å². The monoisotopic (exact) mass is 187 g/mol. The fourth-order valence-electron chi connectivity index (χ4n) is 0.738. The molecule has 5 heteroatoms. The van der Waals surface area contributed by atoms with Crippen LogP contribution in [0.5, 0.6) is 0 Å². The highest BCUT2D eigenvalue weighted by Crippen LogP contribution is 1.88. The molecule has 0 fully saturated rings. The quantitative estimate of drug-likeness (QED) is 0.272. The Kier molecular flexibility index (Phi) is 6.68. The summed E-state index contributed by atoms with van der Waals surface area (Å²) in [6.45, 7) is 2.63. The van der Waals surface area contributed by atoms with Gasteiger partial charge in [0.15, 0.2) is 5.96 Å². The van der Waals surface area contributed by atoms with Crippen LogP contribution in [-0.2, 0) is 9.53 Å². The molecular formula is C8H17N3O2. The number of nitrogens with zero attached hydrogens (tertiary/aromatic N) is 1. The second kappa shape index (κ2) is 7.39. The lowest BCUT2D eigenvalue weighted by Crippen LogP contribution is -2.32. The molecule has 0 radical (unpaired) electrons. The normalized spacial score (nSPS) is 11.1. The van der Waals surface area contributed by atoms with E-state index in [4.69, 9.17) is 10.5 Å². The molecule has 76 valence electrons. The van der Waals surface area contributed by atoms with E-state index in [2.05, 4.69) is 10.3 Å². The third-order valence-electron chi connectivity index (χ3n) is 1.42. The van der Waals surface area contributed by atoms with Gasteiger partial charge in [-0.05, 0) is 12.8 Å². The van der Waals surface area contributed by atoms with Gasteiger partial charge < -0.3 is 15.8 Å². The standard InChI is InChI=1S/C8H17N3O2/c1-7(12)13-6-4-3-5-11-8(9)10-2/h3-6H2,1-2H3,(H3,9,10,11). The number of unbranched alkanes of at least 4 members (excludes halogenated alkanes) is 1. The zero-order valence-corrected chi connectivity index (χ0v) is 8.17. The molecule has 0 aromatic rings. The van der Waals surface area contributed by atoms with Crippen LogP contribution in [0.3, 0.4) is 0 Å². The zero-order chi connectivity index (χ0) is 10.1. The first-order valence-electron chi connectivity index (χ1n) is 4.26. The number of guanidine groups is 1. The minimum absolute atomic E-state index is 0.234. The molecule has 0 aromatic heterocycles. The van der Waals surface area contributed by atoms with Crippen molar-refractivity contribution in [2.45, 2.75) is 19.8 Å². The van der Waals surface area contributed by atoms with E-state index < -0.39 is 0 Å². The van der Waals surface area contributed by atoms with Crippen molar-refractivity contribution in [1.82, 2.24) is 5.32 Å². The molecule has 0 saturated carbocycles. The Bertz CT molecular complexity index is 180. The summed E-state index contributed by atoms with van der Waals surface area (Å²) in [7, 11) is 1.63. The van der Waals surface area contributed by atoms with Crippen molar-refractivity contribution in [2.75, 3.05) is 20.2 Å². The predicted molar refractivity (Wildman–Crippen MR) is 51.4 cm³/mol. The van der Waals surface area contributed by atoms with E-state index in [1.54, 1.807) is 7.05 Å². The Balaban J connectivity index is 3.13. The number of hydrogen-bond acceptors (Lipinski definition) is 3. The van der Waals surface area contributed by atoms with Crippen LogP contribution in [0.4, 0.5) is 0 Å². The van der Waals surface area contributed by atoms with Crippen molar-refractivity contribution in [3.05, 3.63) is 0 Å². The fraction of sp³-hybridized carbons (Fsp3) is 0.750. The first-order valence-corrected chi connectivity index (χ1v) is 4.26. The number of carbonyl (C=O) groups excluding carboxylic acids is 1. The molecule has 13 heavy (non-hydrogen) atoms. The summed E-state index contributed by atoms with van der Waals surface area (Å²) < 4.78 is 4.75. The molecule has 0 aromatic carbocycles. The van der Waals surface area contributed by atoms with Crippen molar-refractivity contribution in [1.29, 1.82) is 0 Å². The van der Waals surface area contributed by atoms with Gasteiger partial charge in [-0.3, -0.25) is 9.79 Å². The van der Waals surface area contributed by atoms with E-state index in [1.807, 2.05) is 0 Å². The Morgan fingerprint density at radius 3 is 2.77 bits per heavy atom. The number of hydrogen-bond donors (Lipinski definition) is 2. The minimum Gasteiger partial charge on any atom is -0.466 e. The van der Waals surface area contributed by atoms with E-state index in [1.165, 1.54) is 6.92 Å². The van der Waals surface area contributed by atoms with E-state index in [-0.39, 0.29) is 5.97 Å². The van der Waals surface area contributed by atoms with Crippen LogP contribution in [0, 0.1) is 0 Å². The summed E-state index contributed by atoms with van der Waals surface area (Å²) in [6, 6.07) is 0. The van der Waals surface area contributed by atoms with Gasteiger partial charge in [-0.25, -0.2) is 0 Å². The molecule has 0 saturated heterocycles. The first-order chi connectivity index (χ1) is 6.16. The summed E-state index contributed by atoms with van der Waals surface area (Å²) >= 11 is 0. The van der Waals surface area contributed by atoms with Gasteiger partial charge in [0.1, 0.15) is 0 Å². The second-order valence-corrected chi connectivity index (χ2v) is 2.58. The SMILES string of the molecule is CN=C(N)NCCCCOC(C)=O. The molecule has 0 aliphatic rings. The third-order valence-corrected chi connectivity index (χ3v) is 1.42. The number of nitrogens with one attached hydrogen (secondary N) is 1. The van der Waals surface area contributed by atoms with Crippen LogP contribution >= 0.6 is 0 Å². The van der Waals surface area contributed by atoms with Crippen LogP contribution in [0.15, 0.2) is 4.99 Å². The van der Waals surface area contributed by atoms with E-state index in [0.29, 0.717) is 12.6 Å². The molecule has 0 aliphatic heterocycles. The van der Waals surface area contributed by atoms with Crippen molar-refractivity contribution >= 4 is 11.9 Å². The minimum atomic E-state index is -0.234. The topological polar surface area (TPSA) is 76.7 Å². The van der Waals surface area contributed by atoms with Gasteiger partial charge in [-0.15, -0.1) is 0 Å². The van der Waals surface area contributed by atoms with Crippen molar-refractivity contribution in [2.24, 2.45) is 10.7 Å². The van der Waals surface area contributed by atoms with Crippen molar-refractivity contribution < 1.29 is 9.53 Å². The van der Waals surface area contributed by atoms with E-state index >= 15 is 0 Å². The summed E-state index contributed by atoms with van der Waals surface area (Å²) in [5.74, 6) is 0.204. The summed E-state index contributed by atoms with van der Waals surface area (Å²) in [5.41, 5.74) is 5.39. The molecule has 0 bridgehead atoms. The number of nitrogens with two attached hydrogens (primary N) is 1. The molecular weight excluding hydrogens is 170 g/mol. The van der Waals surface area contributed by atoms with Gasteiger partial charge in [0.05, 0.1) is 6.61 Å². The molecule has 3 N–H and O–H groups in total. The van der Waals surface area contributed by atoms with Gasteiger partial charge in [0.2, 0.25) is 0 Å². The van der Waals surface area contributed by atoms with E-state index in [9.17, 15) is 4.79 Å². The summed E-state index contributed by atoms with van der Waals surface area (Å²) in [4.78, 5) is 14.1.